The third-order valence-corrected chi connectivity index (χ3v) is 4.68. The molecule has 0 amide bonds. The lowest BCUT2D eigenvalue weighted by Gasteiger charge is -2.44. The van der Waals surface area contributed by atoms with E-state index < -0.39 is 0 Å². The molecule has 1 saturated heterocycles. The molecule has 1 heterocycles. The van der Waals surface area contributed by atoms with Crippen LogP contribution in [0.15, 0.2) is 12.1 Å². The number of hydrogen-bond donors (Lipinski definition) is 2. The van der Waals surface area contributed by atoms with Crippen molar-refractivity contribution in [2.24, 2.45) is 5.41 Å². The van der Waals surface area contributed by atoms with Gasteiger partial charge in [0.1, 0.15) is 0 Å². The molecule has 3 heteroatoms. The second-order valence-electron chi connectivity index (χ2n) is 7.15. The first-order chi connectivity index (χ1) is 9.86. The second-order valence-corrected chi connectivity index (χ2v) is 7.15. The number of aliphatic hydroxyl groups excluding tert-OH is 1. The Kier molecular flexibility index (Phi) is 5.07. The monoisotopic (exact) mass is 290 g/mol. The first kappa shape index (κ1) is 16.5. The molecule has 0 aromatic heterocycles. The van der Waals surface area contributed by atoms with Crippen LogP contribution in [0.2, 0.25) is 0 Å². The van der Waals surface area contributed by atoms with Gasteiger partial charge in [-0.3, -0.25) is 4.90 Å². The SMILES string of the molecule is Cc1cc(C)c([C@@H](N2CCNCC2)C(C)(C)CO)c(C)c1. The molecule has 118 valence electrons. The zero-order valence-electron chi connectivity index (χ0n) is 14.2. The molecule has 0 bridgehead atoms. The van der Waals surface area contributed by atoms with Crippen LogP contribution in [-0.2, 0) is 0 Å². The van der Waals surface area contributed by atoms with Gasteiger partial charge in [0.05, 0.1) is 0 Å². The number of benzene rings is 1. The number of rotatable bonds is 4. The molecule has 0 spiro atoms. The van der Waals surface area contributed by atoms with E-state index in [1.165, 1.54) is 22.3 Å². The molecule has 1 atom stereocenters. The molecule has 1 aliphatic heterocycles. The Morgan fingerprint density at radius 1 is 1.14 bits per heavy atom. The highest BCUT2D eigenvalue weighted by molar-refractivity contribution is 5.40. The summed E-state index contributed by atoms with van der Waals surface area (Å²) < 4.78 is 0. The van der Waals surface area contributed by atoms with E-state index in [0.717, 1.165) is 26.2 Å². The van der Waals surface area contributed by atoms with Crippen molar-refractivity contribution >= 4 is 0 Å². The van der Waals surface area contributed by atoms with Crippen molar-refractivity contribution in [3.05, 3.63) is 34.4 Å². The summed E-state index contributed by atoms with van der Waals surface area (Å²) in [5.74, 6) is 0. The Morgan fingerprint density at radius 3 is 2.14 bits per heavy atom. The normalized spacial score (nSPS) is 18.8. The maximum atomic E-state index is 9.95. The Hall–Kier alpha value is -0.900. The Bertz CT molecular complexity index is 467. The topological polar surface area (TPSA) is 35.5 Å². The van der Waals surface area contributed by atoms with Crippen LogP contribution in [0.3, 0.4) is 0 Å². The average molecular weight is 290 g/mol. The minimum atomic E-state index is -0.151. The predicted octanol–water partition coefficient (Wildman–Crippen LogP) is 2.58. The molecular formula is C18H30N2O. The molecule has 0 saturated carbocycles. The summed E-state index contributed by atoms with van der Waals surface area (Å²) in [7, 11) is 0. The van der Waals surface area contributed by atoms with Crippen LogP contribution in [-0.4, -0.2) is 42.8 Å². The highest BCUT2D eigenvalue weighted by atomic mass is 16.3. The lowest BCUT2D eigenvalue weighted by atomic mass is 9.76. The fraction of sp³-hybridized carbons (Fsp3) is 0.667. The van der Waals surface area contributed by atoms with Gasteiger partial charge < -0.3 is 10.4 Å². The van der Waals surface area contributed by atoms with Crippen molar-refractivity contribution in [1.29, 1.82) is 0 Å². The van der Waals surface area contributed by atoms with Crippen LogP contribution in [0.4, 0.5) is 0 Å². The van der Waals surface area contributed by atoms with Gasteiger partial charge in [0.2, 0.25) is 0 Å². The Labute approximate surface area is 129 Å². The standard InChI is InChI=1S/C18H30N2O/c1-13-10-14(2)16(15(3)11-13)17(18(4,5)12-21)20-8-6-19-7-9-20/h10-11,17,19,21H,6-9,12H2,1-5H3/t17-/m1/s1. The summed E-state index contributed by atoms with van der Waals surface area (Å²) in [5.41, 5.74) is 5.26. The lowest BCUT2D eigenvalue weighted by Crippen LogP contribution is -2.50. The summed E-state index contributed by atoms with van der Waals surface area (Å²) in [6, 6.07) is 4.81. The van der Waals surface area contributed by atoms with Gasteiger partial charge in [-0.15, -0.1) is 0 Å². The van der Waals surface area contributed by atoms with Crippen LogP contribution < -0.4 is 5.32 Å². The minimum Gasteiger partial charge on any atom is -0.396 e. The molecule has 0 radical (unpaired) electrons. The Morgan fingerprint density at radius 2 is 1.67 bits per heavy atom. The highest BCUT2D eigenvalue weighted by Gasteiger charge is 2.37. The summed E-state index contributed by atoms with van der Waals surface area (Å²) >= 11 is 0. The van der Waals surface area contributed by atoms with Gasteiger partial charge >= 0.3 is 0 Å². The van der Waals surface area contributed by atoms with E-state index in [0.29, 0.717) is 0 Å². The largest absolute Gasteiger partial charge is 0.396 e. The minimum absolute atomic E-state index is 0.151. The maximum Gasteiger partial charge on any atom is 0.0500 e. The number of hydrogen-bond acceptors (Lipinski definition) is 3. The summed E-state index contributed by atoms with van der Waals surface area (Å²) in [6.07, 6.45) is 0. The van der Waals surface area contributed by atoms with Crippen molar-refractivity contribution in [2.75, 3.05) is 32.8 Å². The van der Waals surface area contributed by atoms with E-state index in [1.54, 1.807) is 0 Å². The fourth-order valence-corrected chi connectivity index (χ4v) is 3.72. The van der Waals surface area contributed by atoms with Crippen LogP contribution in [0.1, 0.15) is 42.1 Å². The van der Waals surface area contributed by atoms with E-state index >= 15 is 0 Å². The molecule has 0 unspecified atom stereocenters. The van der Waals surface area contributed by atoms with Gasteiger partial charge in [-0.05, 0) is 37.5 Å². The van der Waals surface area contributed by atoms with Crippen molar-refractivity contribution in [3.63, 3.8) is 0 Å². The van der Waals surface area contributed by atoms with Gasteiger partial charge in [-0.2, -0.15) is 0 Å². The zero-order valence-corrected chi connectivity index (χ0v) is 14.2. The summed E-state index contributed by atoms with van der Waals surface area (Å²) in [6.45, 7) is 15.3. The van der Waals surface area contributed by atoms with Crippen LogP contribution in [0.5, 0.6) is 0 Å². The van der Waals surface area contributed by atoms with Gasteiger partial charge in [-0.1, -0.05) is 31.5 Å². The molecule has 0 aliphatic carbocycles. The number of aliphatic hydroxyl groups is 1. The first-order valence-corrected chi connectivity index (χ1v) is 8.00. The second kappa shape index (κ2) is 6.47. The number of nitrogens with one attached hydrogen (secondary N) is 1. The van der Waals surface area contributed by atoms with Crippen molar-refractivity contribution in [2.45, 2.75) is 40.7 Å². The van der Waals surface area contributed by atoms with E-state index in [9.17, 15) is 5.11 Å². The van der Waals surface area contributed by atoms with Gasteiger partial charge in [0.15, 0.2) is 0 Å². The number of nitrogens with zero attached hydrogens (tertiary/aromatic N) is 1. The molecular weight excluding hydrogens is 260 g/mol. The van der Waals surface area contributed by atoms with Crippen molar-refractivity contribution in [3.8, 4) is 0 Å². The molecule has 1 aromatic rings. The number of piperazine rings is 1. The van der Waals surface area contributed by atoms with E-state index in [4.69, 9.17) is 0 Å². The predicted molar refractivity (Wildman–Crippen MR) is 88.7 cm³/mol. The average Bonchev–Trinajstić information content (AvgIpc) is 2.43. The van der Waals surface area contributed by atoms with Crippen molar-refractivity contribution in [1.82, 2.24) is 10.2 Å². The molecule has 2 rings (SSSR count). The van der Waals surface area contributed by atoms with E-state index in [2.05, 4.69) is 57.0 Å². The fourth-order valence-electron chi connectivity index (χ4n) is 3.72. The zero-order chi connectivity index (χ0) is 15.6. The van der Waals surface area contributed by atoms with Gasteiger partial charge in [-0.25, -0.2) is 0 Å². The Balaban J connectivity index is 2.49. The third kappa shape index (κ3) is 3.47. The van der Waals surface area contributed by atoms with Gasteiger partial charge in [0.25, 0.3) is 0 Å². The summed E-state index contributed by atoms with van der Waals surface area (Å²) in [5, 5.41) is 13.4. The highest BCUT2D eigenvalue weighted by Crippen LogP contribution is 2.41. The van der Waals surface area contributed by atoms with Crippen LogP contribution in [0, 0.1) is 26.2 Å². The van der Waals surface area contributed by atoms with Gasteiger partial charge in [0, 0.05) is 44.2 Å². The first-order valence-electron chi connectivity index (χ1n) is 8.00. The molecule has 2 N–H and O–H groups in total. The van der Waals surface area contributed by atoms with E-state index in [1.807, 2.05) is 0 Å². The molecule has 21 heavy (non-hydrogen) atoms. The van der Waals surface area contributed by atoms with Crippen LogP contribution >= 0.6 is 0 Å². The maximum absolute atomic E-state index is 9.95. The molecule has 3 nitrogen and oxygen atoms in total. The molecule has 1 aliphatic rings. The number of aryl methyl sites for hydroxylation is 3. The lowest BCUT2D eigenvalue weighted by molar-refractivity contribution is 0.0298. The van der Waals surface area contributed by atoms with Crippen molar-refractivity contribution < 1.29 is 5.11 Å². The molecule has 1 fully saturated rings. The third-order valence-electron chi connectivity index (χ3n) is 4.68. The van der Waals surface area contributed by atoms with Crippen LogP contribution in [0.25, 0.3) is 0 Å². The summed E-state index contributed by atoms with van der Waals surface area (Å²) in [4.78, 5) is 2.54. The quantitative estimate of drug-likeness (QED) is 0.894. The smallest absolute Gasteiger partial charge is 0.0500 e. The molecule has 1 aromatic carbocycles. The van der Waals surface area contributed by atoms with E-state index in [-0.39, 0.29) is 18.1 Å².